The van der Waals surface area contributed by atoms with Gasteiger partial charge in [-0.1, -0.05) is 12.1 Å². The van der Waals surface area contributed by atoms with Crippen molar-refractivity contribution in [3.63, 3.8) is 0 Å². The number of imidazole rings is 1. The molecule has 6 nitrogen and oxygen atoms in total. The number of benzene rings is 1. The van der Waals surface area contributed by atoms with Crippen LogP contribution in [0.4, 0.5) is 0 Å². The third kappa shape index (κ3) is 3.36. The lowest BCUT2D eigenvalue weighted by Gasteiger charge is -2.11. The van der Waals surface area contributed by atoms with E-state index in [1.807, 2.05) is 19.1 Å². The number of aromatic nitrogens is 2. The molecule has 7 heteroatoms. The van der Waals surface area contributed by atoms with Gasteiger partial charge in [-0.15, -0.1) is 12.4 Å². The minimum absolute atomic E-state index is 0. The lowest BCUT2D eigenvalue weighted by Crippen LogP contribution is -2.40. The van der Waals surface area contributed by atoms with E-state index in [1.54, 1.807) is 12.1 Å². The fourth-order valence-corrected chi connectivity index (χ4v) is 1.79. The molecular formula is C12H17ClN4O2. The van der Waals surface area contributed by atoms with Crippen molar-refractivity contribution in [2.45, 2.75) is 19.5 Å². The van der Waals surface area contributed by atoms with Crippen LogP contribution in [0.15, 0.2) is 29.1 Å². The van der Waals surface area contributed by atoms with E-state index in [-0.39, 0.29) is 36.6 Å². The van der Waals surface area contributed by atoms with E-state index in [9.17, 15) is 9.59 Å². The van der Waals surface area contributed by atoms with Crippen molar-refractivity contribution in [2.75, 3.05) is 6.54 Å². The van der Waals surface area contributed by atoms with Crippen LogP contribution in [0.1, 0.15) is 6.92 Å². The van der Waals surface area contributed by atoms with Gasteiger partial charge in [-0.25, -0.2) is 4.79 Å². The van der Waals surface area contributed by atoms with Gasteiger partial charge in [0.15, 0.2) is 0 Å². The fourth-order valence-electron chi connectivity index (χ4n) is 1.79. The predicted octanol–water partition coefficient (Wildman–Crippen LogP) is 0.215. The van der Waals surface area contributed by atoms with Gasteiger partial charge in [0.1, 0.15) is 6.54 Å². The summed E-state index contributed by atoms with van der Waals surface area (Å²) in [6.07, 6.45) is 0. The van der Waals surface area contributed by atoms with Crippen LogP contribution in [0.25, 0.3) is 11.0 Å². The SMILES string of the molecule is C[C@@H](CN)NC(=O)Cn1c(=O)[nH]c2ccccc21.Cl. The van der Waals surface area contributed by atoms with Gasteiger partial charge >= 0.3 is 5.69 Å². The monoisotopic (exact) mass is 284 g/mol. The fraction of sp³-hybridized carbons (Fsp3) is 0.333. The summed E-state index contributed by atoms with van der Waals surface area (Å²) in [6.45, 7) is 2.18. The Morgan fingerprint density at radius 2 is 2.16 bits per heavy atom. The first-order chi connectivity index (χ1) is 8.61. The van der Waals surface area contributed by atoms with E-state index in [2.05, 4.69) is 10.3 Å². The summed E-state index contributed by atoms with van der Waals surface area (Å²) >= 11 is 0. The van der Waals surface area contributed by atoms with E-state index < -0.39 is 0 Å². The number of carbonyl (C=O) groups excluding carboxylic acids is 1. The van der Waals surface area contributed by atoms with Crippen molar-refractivity contribution in [1.82, 2.24) is 14.9 Å². The van der Waals surface area contributed by atoms with Gasteiger partial charge in [0, 0.05) is 12.6 Å². The Kier molecular flexibility index (Phi) is 5.14. The van der Waals surface area contributed by atoms with Gasteiger partial charge in [-0.05, 0) is 19.1 Å². The zero-order chi connectivity index (χ0) is 13.1. The van der Waals surface area contributed by atoms with Gasteiger partial charge in [0.2, 0.25) is 5.91 Å². The molecule has 0 spiro atoms. The van der Waals surface area contributed by atoms with Crippen molar-refractivity contribution in [2.24, 2.45) is 5.73 Å². The highest BCUT2D eigenvalue weighted by molar-refractivity contribution is 5.85. The molecule has 0 saturated heterocycles. The molecule has 0 aliphatic heterocycles. The Balaban J connectivity index is 0.00000180. The number of hydrogen-bond acceptors (Lipinski definition) is 3. The summed E-state index contributed by atoms with van der Waals surface area (Å²) in [5, 5.41) is 2.72. The van der Waals surface area contributed by atoms with Crippen molar-refractivity contribution >= 4 is 29.3 Å². The number of amides is 1. The van der Waals surface area contributed by atoms with Crippen LogP contribution in [-0.2, 0) is 11.3 Å². The molecule has 0 bridgehead atoms. The minimum Gasteiger partial charge on any atom is -0.351 e. The number of carbonyl (C=O) groups is 1. The lowest BCUT2D eigenvalue weighted by atomic mass is 10.3. The van der Waals surface area contributed by atoms with E-state index in [0.717, 1.165) is 11.0 Å². The predicted molar refractivity (Wildman–Crippen MR) is 76.5 cm³/mol. The first kappa shape index (κ1) is 15.3. The molecule has 4 N–H and O–H groups in total. The Bertz CT molecular complexity index is 619. The van der Waals surface area contributed by atoms with E-state index in [1.165, 1.54) is 4.57 Å². The van der Waals surface area contributed by atoms with Crippen molar-refractivity contribution < 1.29 is 4.79 Å². The smallest absolute Gasteiger partial charge is 0.326 e. The van der Waals surface area contributed by atoms with E-state index >= 15 is 0 Å². The molecule has 1 aromatic carbocycles. The van der Waals surface area contributed by atoms with Gasteiger partial charge in [-0.2, -0.15) is 0 Å². The largest absolute Gasteiger partial charge is 0.351 e. The Labute approximate surface area is 116 Å². The van der Waals surface area contributed by atoms with Crippen LogP contribution in [0.5, 0.6) is 0 Å². The first-order valence-electron chi connectivity index (χ1n) is 5.79. The average molecular weight is 285 g/mol. The molecule has 2 rings (SSSR count). The molecule has 0 fully saturated rings. The molecule has 0 saturated carbocycles. The van der Waals surface area contributed by atoms with Crippen LogP contribution in [0, 0.1) is 0 Å². The number of H-pyrrole nitrogens is 1. The standard InChI is InChI=1S/C12H16N4O2.ClH/c1-8(6-13)14-11(17)7-16-10-5-3-2-4-9(10)15-12(16)18;/h2-5,8H,6-7,13H2,1H3,(H,14,17)(H,15,18);1H/t8-;/m0./s1. The van der Waals surface area contributed by atoms with Gasteiger partial charge in [0.25, 0.3) is 0 Å². The maximum absolute atomic E-state index is 11.7. The maximum Gasteiger partial charge on any atom is 0.326 e. The molecule has 0 unspecified atom stereocenters. The highest BCUT2D eigenvalue weighted by Crippen LogP contribution is 2.08. The highest BCUT2D eigenvalue weighted by atomic mass is 35.5. The van der Waals surface area contributed by atoms with Crippen LogP contribution in [0.3, 0.4) is 0 Å². The Morgan fingerprint density at radius 3 is 2.84 bits per heavy atom. The number of rotatable bonds is 4. The summed E-state index contributed by atoms with van der Waals surface area (Å²) in [6, 6.07) is 7.16. The summed E-state index contributed by atoms with van der Waals surface area (Å²) in [4.78, 5) is 26.2. The molecule has 1 atom stereocenters. The van der Waals surface area contributed by atoms with Crippen molar-refractivity contribution in [1.29, 1.82) is 0 Å². The molecule has 0 radical (unpaired) electrons. The number of hydrogen-bond donors (Lipinski definition) is 3. The second-order valence-electron chi connectivity index (χ2n) is 4.24. The maximum atomic E-state index is 11.7. The third-order valence-corrected chi connectivity index (χ3v) is 2.74. The van der Waals surface area contributed by atoms with Crippen molar-refractivity contribution in [3.8, 4) is 0 Å². The van der Waals surface area contributed by atoms with Gasteiger partial charge in [0.05, 0.1) is 11.0 Å². The molecule has 104 valence electrons. The average Bonchev–Trinajstić information content (AvgIpc) is 2.66. The molecule has 1 aromatic heterocycles. The molecule has 0 aliphatic rings. The number of para-hydroxylation sites is 2. The summed E-state index contributed by atoms with van der Waals surface area (Å²) in [5.41, 5.74) is 6.58. The summed E-state index contributed by atoms with van der Waals surface area (Å²) < 4.78 is 1.41. The third-order valence-electron chi connectivity index (χ3n) is 2.74. The zero-order valence-electron chi connectivity index (χ0n) is 10.6. The van der Waals surface area contributed by atoms with Crippen LogP contribution in [0.2, 0.25) is 0 Å². The van der Waals surface area contributed by atoms with E-state index in [4.69, 9.17) is 5.73 Å². The molecule has 1 amide bonds. The quantitative estimate of drug-likeness (QED) is 0.749. The Hall–Kier alpha value is -1.79. The minimum atomic E-state index is -0.285. The van der Waals surface area contributed by atoms with Crippen molar-refractivity contribution in [3.05, 3.63) is 34.7 Å². The number of fused-ring (bicyclic) bond motifs is 1. The number of nitrogens with one attached hydrogen (secondary N) is 2. The van der Waals surface area contributed by atoms with Crippen LogP contribution in [-0.4, -0.2) is 28.0 Å². The van der Waals surface area contributed by atoms with Gasteiger partial charge < -0.3 is 16.0 Å². The van der Waals surface area contributed by atoms with Crippen LogP contribution >= 0.6 is 12.4 Å². The highest BCUT2D eigenvalue weighted by Gasteiger charge is 2.11. The van der Waals surface area contributed by atoms with Gasteiger partial charge in [-0.3, -0.25) is 9.36 Å². The summed E-state index contributed by atoms with van der Waals surface area (Å²) in [7, 11) is 0. The Morgan fingerprint density at radius 1 is 1.47 bits per heavy atom. The van der Waals surface area contributed by atoms with Crippen LogP contribution < -0.4 is 16.7 Å². The molecule has 1 heterocycles. The number of nitrogens with zero attached hydrogens (tertiary/aromatic N) is 1. The zero-order valence-corrected chi connectivity index (χ0v) is 11.4. The molecule has 0 aliphatic carbocycles. The number of nitrogens with two attached hydrogens (primary N) is 1. The summed E-state index contributed by atoms with van der Waals surface area (Å²) in [5.74, 6) is -0.222. The molecular weight excluding hydrogens is 268 g/mol. The normalized spacial score (nSPS) is 11.9. The topological polar surface area (TPSA) is 92.9 Å². The lowest BCUT2D eigenvalue weighted by molar-refractivity contribution is -0.122. The molecule has 2 aromatic rings. The van der Waals surface area contributed by atoms with E-state index in [0.29, 0.717) is 6.54 Å². The molecule has 19 heavy (non-hydrogen) atoms. The number of aromatic amines is 1. The second kappa shape index (κ2) is 6.40. The first-order valence-corrected chi connectivity index (χ1v) is 5.79. The number of halogens is 1. The second-order valence-corrected chi connectivity index (χ2v) is 4.24.